The van der Waals surface area contributed by atoms with Crippen LogP contribution in [0.2, 0.25) is 0 Å². The minimum atomic E-state index is -0.272. The Balaban J connectivity index is 1.60. The molecule has 26 heavy (non-hydrogen) atoms. The van der Waals surface area contributed by atoms with Crippen molar-refractivity contribution in [1.82, 2.24) is 29.1 Å². The lowest BCUT2D eigenvalue weighted by Crippen LogP contribution is -2.13. The number of aromatic nitrogens is 6. The number of pyridine rings is 1. The summed E-state index contributed by atoms with van der Waals surface area (Å²) in [5.74, 6) is 1.31. The maximum atomic E-state index is 12.6. The number of nitrogens with one attached hydrogen (secondary N) is 1. The molecule has 0 saturated carbocycles. The monoisotopic (exact) mass is 347 g/mol. The number of aryl methyl sites for hydroxylation is 3. The molecule has 0 atom stereocenters. The first-order valence-electron chi connectivity index (χ1n) is 8.12. The lowest BCUT2D eigenvalue weighted by atomic mass is 10.3. The smallest absolute Gasteiger partial charge is 0.261 e. The molecule has 1 N–H and O–H groups in total. The van der Waals surface area contributed by atoms with E-state index in [2.05, 4.69) is 25.4 Å². The summed E-state index contributed by atoms with van der Waals surface area (Å²) in [6.45, 7) is 5.72. The molecule has 0 unspecified atom stereocenters. The van der Waals surface area contributed by atoms with Crippen molar-refractivity contribution in [3.8, 4) is 5.82 Å². The Hall–Kier alpha value is -3.55. The third-order valence-electron chi connectivity index (χ3n) is 4.10. The average molecular weight is 347 g/mol. The van der Waals surface area contributed by atoms with E-state index in [1.807, 2.05) is 43.7 Å². The number of carbonyl (C=O) groups is 1. The zero-order valence-corrected chi connectivity index (χ0v) is 14.6. The van der Waals surface area contributed by atoms with Gasteiger partial charge >= 0.3 is 0 Å². The van der Waals surface area contributed by atoms with Gasteiger partial charge in [0.05, 0.1) is 18.1 Å². The van der Waals surface area contributed by atoms with E-state index in [1.165, 1.54) is 6.20 Å². The van der Waals surface area contributed by atoms with E-state index in [0.717, 1.165) is 23.0 Å². The number of anilines is 1. The van der Waals surface area contributed by atoms with Crippen LogP contribution in [0.1, 0.15) is 27.6 Å². The summed E-state index contributed by atoms with van der Waals surface area (Å²) >= 11 is 0. The summed E-state index contributed by atoms with van der Waals surface area (Å²) in [7, 11) is 0. The molecule has 0 saturated heterocycles. The van der Waals surface area contributed by atoms with E-state index < -0.39 is 0 Å². The van der Waals surface area contributed by atoms with Crippen molar-refractivity contribution in [2.45, 2.75) is 20.8 Å². The van der Waals surface area contributed by atoms with Gasteiger partial charge in [-0.3, -0.25) is 9.36 Å². The second-order valence-electron chi connectivity index (χ2n) is 6.04. The minimum absolute atomic E-state index is 0.272. The molecule has 8 nitrogen and oxygen atoms in total. The quantitative estimate of drug-likeness (QED) is 0.615. The first-order chi connectivity index (χ1) is 12.5. The molecule has 0 aliphatic heterocycles. The Bertz CT molecular complexity index is 1110. The van der Waals surface area contributed by atoms with Crippen LogP contribution >= 0.6 is 0 Å². The fourth-order valence-corrected chi connectivity index (χ4v) is 2.85. The van der Waals surface area contributed by atoms with Crippen LogP contribution in [0.15, 0.2) is 43.0 Å². The number of fused-ring (bicyclic) bond motifs is 1. The van der Waals surface area contributed by atoms with Crippen molar-refractivity contribution in [2.24, 2.45) is 0 Å². The van der Waals surface area contributed by atoms with Crippen molar-refractivity contribution in [2.75, 3.05) is 5.32 Å². The summed E-state index contributed by atoms with van der Waals surface area (Å²) in [5.41, 5.74) is 3.32. The molecule has 4 rings (SSSR count). The molecule has 1 amide bonds. The Labute approximate surface area is 149 Å². The van der Waals surface area contributed by atoms with Crippen LogP contribution in [0.5, 0.6) is 0 Å². The number of amides is 1. The molecule has 0 bridgehead atoms. The molecule has 0 aromatic carbocycles. The van der Waals surface area contributed by atoms with Gasteiger partial charge in [0, 0.05) is 23.8 Å². The number of hydrogen-bond acceptors (Lipinski definition) is 5. The van der Waals surface area contributed by atoms with Gasteiger partial charge in [0.2, 0.25) is 0 Å². The molecular formula is C18H17N7O. The van der Waals surface area contributed by atoms with E-state index in [-0.39, 0.29) is 5.91 Å². The van der Waals surface area contributed by atoms with Gasteiger partial charge in [-0.25, -0.2) is 19.5 Å². The fourth-order valence-electron chi connectivity index (χ4n) is 2.85. The lowest BCUT2D eigenvalue weighted by molar-refractivity contribution is 0.102. The Morgan fingerprint density at radius 1 is 1.12 bits per heavy atom. The van der Waals surface area contributed by atoms with Crippen molar-refractivity contribution < 1.29 is 4.79 Å². The molecule has 0 aliphatic rings. The van der Waals surface area contributed by atoms with Gasteiger partial charge < -0.3 is 5.32 Å². The van der Waals surface area contributed by atoms with E-state index >= 15 is 0 Å². The SMILES string of the molecule is Cc1cc(C)n2ncc(C(=O)Nc3ccc(-n4ccnc4C)nc3)c2n1. The third kappa shape index (κ3) is 2.71. The number of nitrogens with zero attached hydrogens (tertiary/aromatic N) is 6. The molecule has 8 heteroatoms. The topological polar surface area (TPSA) is 90.0 Å². The molecule has 4 aromatic heterocycles. The summed E-state index contributed by atoms with van der Waals surface area (Å²) in [5, 5.41) is 7.09. The molecule has 0 radical (unpaired) electrons. The van der Waals surface area contributed by atoms with E-state index in [1.54, 1.807) is 23.0 Å². The van der Waals surface area contributed by atoms with E-state index in [4.69, 9.17) is 0 Å². The van der Waals surface area contributed by atoms with Crippen molar-refractivity contribution in [1.29, 1.82) is 0 Å². The first kappa shape index (κ1) is 15.9. The zero-order valence-electron chi connectivity index (χ0n) is 14.6. The Kier molecular flexibility index (Phi) is 3.72. The number of carbonyl (C=O) groups excluding carboxylic acids is 1. The summed E-state index contributed by atoms with van der Waals surface area (Å²) < 4.78 is 3.53. The van der Waals surface area contributed by atoms with Crippen molar-refractivity contribution in [3.05, 3.63) is 65.8 Å². The highest BCUT2D eigenvalue weighted by atomic mass is 16.1. The maximum absolute atomic E-state index is 12.6. The van der Waals surface area contributed by atoms with Gasteiger partial charge in [0.25, 0.3) is 5.91 Å². The predicted octanol–water partition coefficient (Wildman–Crippen LogP) is 2.49. The first-order valence-corrected chi connectivity index (χ1v) is 8.12. The zero-order chi connectivity index (χ0) is 18.3. The average Bonchev–Trinajstić information content (AvgIpc) is 3.22. The Morgan fingerprint density at radius 3 is 2.65 bits per heavy atom. The van der Waals surface area contributed by atoms with Crippen LogP contribution in [0, 0.1) is 20.8 Å². The molecule has 0 fully saturated rings. The van der Waals surface area contributed by atoms with Crippen LogP contribution in [-0.2, 0) is 0 Å². The molecule has 0 aliphatic carbocycles. The highest BCUT2D eigenvalue weighted by molar-refractivity contribution is 6.08. The molecule has 0 spiro atoms. The van der Waals surface area contributed by atoms with Gasteiger partial charge in [-0.15, -0.1) is 0 Å². The van der Waals surface area contributed by atoms with Crippen molar-refractivity contribution >= 4 is 17.2 Å². The highest BCUT2D eigenvalue weighted by Crippen LogP contribution is 2.16. The standard InChI is InChI=1S/C18H17N7O/c1-11-8-12(2)25-17(22-11)15(10-21-25)18(26)23-14-4-5-16(20-9-14)24-7-6-19-13(24)3/h4-10H,1-3H3,(H,23,26). The highest BCUT2D eigenvalue weighted by Gasteiger charge is 2.16. The second-order valence-corrected chi connectivity index (χ2v) is 6.04. The number of hydrogen-bond donors (Lipinski definition) is 1. The molecular weight excluding hydrogens is 330 g/mol. The maximum Gasteiger partial charge on any atom is 0.261 e. The van der Waals surface area contributed by atoms with Gasteiger partial charge in [0.15, 0.2) is 5.65 Å². The minimum Gasteiger partial charge on any atom is -0.320 e. The third-order valence-corrected chi connectivity index (χ3v) is 4.10. The molecule has 130 valence electrons. The van der Waals surface area contributed by atoms with Crippen LogP contribution in [-0.4, -0.2) is 35.0 Å². The predicted molar refractivity (Wildman–Crippen MR) is 96.5 cm³/mol. The van der Waals surface area contributed by atoms with Crippen LogP contribution in [0.25, 0.3) is 11.5 Å². The fraction of sp³-hybridized carbons (Fsp3) is 0.167. The van der Waals surface area contributed by atoms with Gasteiger partial charge in [-0.05, 0) is 39.0 Å². The summed E-state index contributed by atoms with van der Waals surface area (Å²) in [6, 6.07) is 5.55. The van der Waals surface area contributed by atoms with Gasteiger partial charge in [-0.2, -0.15) is 5.10 Å². The number of imidazole rings is 1. The Morgan fingerprint density at radius 2 is 1.96 bits per heavy atom. The summed E-state index contributed by atoms with van der Waals surface area (Å²) in [6.07, 6.45) is 6.70. The largest absolute Gasteiger partial charge is 0.320 e. The van der Waals surface area contributed by atoms with E-state index in [9.17, 15) is 4.79 Å². The van der Waals surface area contributed by atoms with Crippen LogP contribution in [0.3, 0.4) is 0 Å². The molecule has 4 heterocycles. The van der Waals surface area contributed by atoms with Gasteiger partial charge in [0.1, 0.15) is 17.2 Å². The van der Waals surface area contributed by atoms with Crippen molar-refractivity contribution in [3.63, 3.8) is 0 Å². The van der Waals surface area contributed by atoms with Crippen LogP contribution < -0.4 is 5.32 Å². The number of rotatable bonds is 3. The lowest BCUT2D eigenvalue weighted by Gasteiger charge is -2.07. The second kappa shape index (κ2) is 6.07. The van der Waals surface area contributed by atoms with E-state index in [0.29, 0.717) is 16.9 Å². The van der Waals surface area contributed by atoms with Gasteiger partial charge in [-0.1, -0.05) is 0 Å². The van der Waals surface area contributed by atoms with Crippen LogP contribution in [0.4, 0.5) is 5.69 Å². The summed E-state index contributed by atoms with van der Waals surface area (Å²) in [4.78, 5) is 25.6. The molecule has 4 aromatic rings. The normalized spacial score (nSPS) is 11.0.